The minimum atomic E-state index is -0.626. The molecule has 3 aromatic rings. The van der Waals surface area contributed by atoms with Crippen molar-refractivity contribution in [3.8, 4) is 0 Å². The summed E-state index contributed by atoms with van der Waals surface area (Å²) in [7, 11) is 0. The van der Waals surface area contributed by atoms with Crippen molar-refractivity contribution in [1.29, 1.82) is 0 Å². The molecule has 0 saturated heterocycles. The van der Waals surface area contributed by atoms with Gasteiger partial charge in [0, 0.05) is 16.7 Å². The van der Waals surface area contributed by atoms with Crippen LogP contribution in [0.15, 0.2) is 66.7 Å². The molecule has 0 N–H and O–H groups in total. The molecule has 3 aromatic carbocycles. The lowest BCUT2D eigenvalue weighted by atomic mass is 9.95. The van der Waals surface area contributed by atoms with Crippen molar-refractivity contribution in [3.63, 3.8) is 0 Å². The Balaban J connectivity index is 2.20. The van der Waals surface area contributed by atoms with E-state index < -0.39 is 5.24 Å². The van der Waals surface area contributed by atoms with E-state index in [-0.39, 0.29) is 11.3 Å². The molecule has 3 rings (SSSR count). The molecule has 0 heterocycles. The third-order valence-corrected chi connectivity index (χ3v) is 3.62. The van der Waals surface area contributed by atoms with Gasteiger partial charge in [0.25, 0.3) is 5.24 Å². The van der Waals surface area contributed by atoms with Gasteiger partial charge >= 0.3 is 0 Å². The fourth-order valence-corrected chi connectivity index (χ4v) is 2.59. The lowest BCUT2D eigenvalue weighted by Crippen LogP contribution is -2.07. The molecular weight excluding hydrogens is 284 g/mol. The number of halogens is 1. The summed E-state index contributed by atoms with van der Waals surface area (Å²) in [6.45, 7) is 0. The topological polar surface area (TPSA) is 34.1 Å². The predicted octanol–water partition coefficient (Wildman–Crippen LogP) is 4.45. The highest BCUT2D eigenvalue weighted by molar-refractivity contribution is 6.68. The van der Waals surface area contributed by atoms with E-state index in [0.29, 0.717) is 11.1 Å². The Morgan fingerprint density at radius 3 is 2.00 bits per heavy atom. The Morgan fingerprint density at radius 2 is 1.24 bits per heavy atom. The molecule has 0 fully saturated rings. The summed E-state index contributed by atoms with van der Waals surface area (Å²) in [5.41, 5.74) is 1.13. The lowest BCUT2D eigenvalue weighted by molar-refractivity contribution is 0.102. The molecule has 0 aliphatic heterocycles. The van der Waals surface area contributed by atoms with Crippen LogP contribution in [0.3, 0.4) is 0 Å². The van der Waals surface area contributed by atoms with Crippen LogP contribution in [0.25, 0.3) is 10.8 Å². The van der Waals surface area contributed by atoms with E-state index >= 15 is 0 Å². The van der Waals surface area contributed by atoms with Crippen molar-refractivity contribution < 1.29 is 9.59 Å². The van der Waals surface area contributed by atoms with Gasteiger partial charge in [-0.1, -0.05) is 60.7 Å². The smallest absolute Gasteiger partial charge is 0.253 e. The second kappa shape index (κ2) is 5.51. The SMILES string of the molecule is O=C(Cl)c1ccccc1C(=O)c1cccc2ccccc12. The first-order valence-electron chi connectivity index (χ1n) is 6.50. The van der Waals surface area contributed by atoms with Crippen LogP contribution in [0.4, 0.5) is 0 Å². The van der Waals surface area contributed by atoms with Crippen molar-refractivity contribution in [2.24, 2.45) is 0 Å². The van der Waals surface area contributed by atoms with Gasteiger partial charge in [-0.05, 0) is 28.4 Å². The van der Waals surface area contributed by atoms with Crippen molar-refractivity contribution in [2.45, 2.75) is 0 Å². The van der Waals surface area contributed by atoms with Crippen molar-refractivity contribution in [1.82, 2.24) is 0 Å². The minimum absolute atomic E-state index is 0.198. The van der Waals surface area contributed by atoms with E-state index in [1.165, 1.54) is 0 Å². The van der Waals surface area contributed by atoms with Gasteiger partial charge in [-0.2, -0.15) is 0 Å². The summed E-state index contributed by atoms with van der Waals surface area (Å²) in [4.78, 5) is 24.3. The first-order chi connectivity index (χ1) is 10.2. The fraction of sp³-hybridized carbons (Fsp3) is 0. The van der Waals surface area contributed by atoms with Crippen molar-refractivity contribution in [3.05, 3.63) is 83.4 Å². The van der Waals surface area contributed by atoms with Crippen LogP contribution in [0, 0.1) is 0 Å². The largest absolute Gasteiger partial charge is 0.289 e. The molecule has 21 heavy (non-hydrogen) atoms. The number of carbonyl (C=O) groups excluding carboxylic acids is 2. The zero-order chi connectivity index (χ0) is 14.8. The summed E-state index contributed by atoms with van der Waals surface area (Å²) in [6.07, 6.45) is 0. The highest BCUT2D eigenvalue weighted by Gasteiger charge is 2.18. The Labute approximate surface area is 127 Å². The number of benzene rings is 3. The molecule has 0 spiro atoms. The molecule has 0 aromatic heterocycles. The maximum atomic E-state index is 12.8. The van der Waals surface area contributed by atoms with E-state index in [2.05, 4.69) is 0 Å². The minimum Gasteiger partial charge on any atom is -0.289 e. The Morgan fingerprint density at radius 1 is 0.667 bits per heavy atom. The summed E-state index contributed by atoms with van der Waals surface area (Å²) in [5, 5.41) is 1.22. The van der Waals surface area contributed by atoms with Crippen LogP contribution in [0.2, 0.25) is 0 Å². The molecule has 0 saturated carbocycles. The maximum absolute atomic E-state index is 12.8. The van der Waals surface area contributed by atoms with E-state index in [1.807, 2.05) is 36.4 Å². The predicted molar refractivity (Wildman–Crippen MR) is 84.0 cm³/mol. The van der Waals surface area contributed by atoms with Crippen LogP contribution < -0.4 is 0 Å². The quantitative estimate of drug-likeness (QED) is 0.528. The van der Waals surface area contributed by atoms with Crippen LogP contribution >= 0.6 is 11.6 Å². The summed E-state index contributed by atoms with van der Waals surface area (Å²) in [5.74, 6) is -0.198. The zero-order valence-corrected chi connectivity index (χ0v) is 11.8. The van der Waals surface area contributed by atoms with Gasteiger partial charge < -0.3 is 0 Å². The van der Waals surface area contributed by atoms with Gasteiger partial charge in [-0.3, -0.25) is 9.59 Å². The Kier molecular flexibility index (Phi) is 3.55. The summed E-state index contributed by atoms with van der Waals surface area (Å²) >= 11 is 5.57. The molecule has 102 valence electrons. The van der Waals surface area contributed by atoms with Crippen LogP contribution in [0.1, 0.15) is 26.3 Å². The number of hydrogen-bond donors (Lipinski definition) is 0. The van der Waals surface area contributed by atoms with Gasteiger partial charge in [-0.15, -0.1) is 0 Å². The third kappa shape index (κ3) is 2.46. The van der Waals surface area contributed by atoms with E-state index in [9.17, 15) is 9.59 Å². The molecule has 0 bridgehead atoms. The number of ketones is 1. The molecule has 0 amide bonds. The average Bonchev–Trinajstić information content (AvgIpc) is 2.53. The second-order valence-electron chi connectivity index (χ2n) is 4.68. The monoisotopic (exact) mass is 294 g/mol. The van der Waals surface area contributed by atoms with Crippen LogP contribution in [0.5, 0.6) is 0 Å². The average molecular weight is 295 g/mol. The maximum Gasteiger partial charge on any atom is 0.253 e. The van der Waals surface area contributed by atoms with E-state index in [4.69, 9.17) is 11.6 Å². The number of carbonyl (C=O) groups is 2. The molecule has 0 aliphatic rings. The Hall–Kier alpha value is -2.45. The Bertz CT molecular complexity index is 847. The zero-order valence-electron chi connectivity index (χ0n) is 11.0. The summed E-state index contributed by atoms with van der Waals surface area (Å²) < 4.78 is 0. The second-order valence-corrected chi connectivity index (χ2v) is 5.02. The molecule has 2 nitrogen and oxygen atoms in total. The third-order valence-electron chi connectivity index (χ3n) is 3.42. The van der Waals surface area contributed by atoms with Crippen LogP contribution in [-0.2, 0) is 0 Å². The molecule has 3 heteroatoms. The summed E-state index contributed by atoms with van der Waals surface area (Å²) in [6, 6.07) is 19.8. The first-order valence-corrected chi connectivity index (χ1v) is 6.87. The van der Waals surface area contributed by atoms with Crippen molar-refractivity contribution >= 4 is 33.4 Å². The number of fused-ring (bicyclic) bond motifs is 1. The van der Waals surface area contributed by atoms with Gasteiger partial charge in [0.05, 0.1) is 0 Å². The van der Waals surface area contributed by atoms with E-state index in [1.54, 1.807) is 30.3 Å². The molecule has 0 unspecified atom stereocenters. The normalized spacial score (nSPS) is 10.5. The fourth-order valence-electron chi connectivity index (χ4n) is 2.42. The van der Waals surface area contributed by atoms with Crippen LogP contribution in [-0.4, -0.2) is 11.0 Å². The number of rotatable bonds is 3. The van der Waals surface area contributed by atoms with Gasteiger partial charge in [0.15, 0.2) is 5.78 Å². The van der Waals surface area contributed by atoms with Gasteiger partial charge in [0.1, 0.15) is 0 Å². The van der Waals surface area contributed by atoms with E-state index in [0.717, 1.165) is 10.8 Å². The van der Waals surface area contributed by atoms with Crippen molar-refractivity contribution in [2.75, 3.05) is 0 Å². The molecular formula is C18H11ClO2. The van der Waals surface area contributed by atoms with Gasteiger partial charge in [-0.25, -0.2) is 0 Å². The van der Waals surface area contributed by atoms with Gasteiger partial charge in [0.2, 0.25) is 0 Å². The lowest BCUT2D eigenvalue weighted by Gasteiger charge is -2.08. The highest BCUT2D eigenvalue weighted by atomic mass is 35.5. The standard InChI is InChI=1S/C18H11ClO2/c19-18(21)16-10-4-3-9-15(16)17(20)14-11-5-7-12-6-1-2-8-13(12)14/h1-11H. The molecule has 0 atom stereocenters. The number of hydrogen-bond acceptors (Lipinski definition) is 2. The molecule has 0 radical (unpaired) electrons. The highest BCUT2D eigenvalue weighted by Crippen LogP contribution is 2.23. The molecule has 0 aliphatic carbocycles. The first kappa shape index (κ1) is 13.5.